The summed E-state index contributed by atoms with van der Waals surface area (Å²) in [6.07, 6.45) is 5.36. The lowest BCUT2D eigenvalue weighted by Crippen LogP contribution is -2.15. The molecule has 106 valence electrons. The zero-order valence-corrected chi connectivity index (χ0v) is 12.2. The molecule has 1 heterocycles. The topological polar surface area (TPSA) is 39.2 Å². The van der Waals surface area contributed by atoms with Gasteiger partial charge in [0, 0.05) is 17.3 Å². The summed E-state index contributed by atoms with van der Waals surface area (Å²) in [5.41, 5.74) is 4.55. The van der Waals surface area contributed by atoms with Crippen molar-refractivity contribution in [2.24, 2.45) is 0 Å². The summed E-state index contributed by atoms with van der Waals surface area (Å²) < 4.78 is 5.14. The van der Waals surface area contributed by atoms with Crippen LogP contribution in [0.15, 0.2) is 42.1 Å². The molecule has 3 nitrogen and oxygen atoms in total. The number of carbonyl (C=O) groups is 1. The molecule has 1 aliphatic rings. The third kappa shape index (κ3) is 2.72. The normalized spacial score (nSPS) is 15.9. The average molecular weight is 279 g/mol. The van der Waals surface area contributed by atoms with Gasteiger partial charge in [0.2, 0.25) is 0 Å². The molecule has 3 heteroatoms. The van der Waals surface area contributed by atoms with E-state index in [0.29, 0.717) is 0 Å². The van der Waals surface area contributed by atoms with Crippen molar-refractivity contribution >= 4 is 11.9 Å². The molecule has 0 fully saturated rings. The van der Waals surface area contributed by atoms with Crippen molar-refractivity contribution in [3.63, 3.8) is 0 Å². The predicted molar refractivity (Wildman–Crippen MR) is 82.6 cm³/mol. The van der Waals surface area contributed by atoms with Crippen LogP contribution in [0.1, 0.15) is 33.6 Å². The van der Waals surface area contributed by atoms with Crippen LogP contribution in [-0.2, 0) is 6.42 Å². The third-order valence-corrected chi connectivity index (χ3v) is 3.73. The summed E-state index contributed by atoms with van der Waals surface area (Å²) in [5.74, 6) is 0.917. The molecule has 0 unspecified atom stereocenters. The molecule has 3 rings (SSSR count). The van der Waals surface area contributed by atoms with E-state index in [9.17, 15) is 4.79 Å². The second kappa shape index (κ2) is 5.52. The van der Waals surface area contributed by atoms with Crippen molar-refractivity contribution in [2.75, 3.05) is 7.11 Å². The maximum Gasteiger partial charge on any atom is 0.190 e. The predicted octanol–water partition coefficient (Wildman–Crippen LogP) is 3.61. The number of aromatic nitrogens is 1. The lowest BCUT2D eigenvalue weighted by Gasteiger charge is -2.17. The molecule has 0 saturated heterocycles. The summed E-state index contributed by atoms with van der Waals surface area (Å²) in [5, 5.41) is 0. The molecule has 1 aromatic carbocycles. The van der Waals surface area contributed by atoms with Crippen LogP contribution in [0.3, 0.4) is 0 Å². The van der Waals surface area contributed by atoms with E-state index in [0.717, 1.165) is 46.5 Å². The van der Waals surface area contributed by atoms with Gasteiger partial charge in [0.15, 0.2) is 5.78 Å². The molecule has 0 atom stereocenters. The molecule has 1 aliphatic carbocycles. The van der Waals surface area contributed by atoms with Gasteiger partial charge in [-0.1, -0.05) is 12.1 Å². The Bertz CT molecular complexity index is 714. The van der Waals surface area contributed by atoms with E-state index in [1.54, 1.807) is 7.11 Å². The van der Waals surface area contributed by atoms with E-state index >= 15 is 0 Å². The van der Waals surface area contributed by atoms with Crippen molar-refractivity contribution in [3.8, 4) is 5.75 Å². The van der Waals surface area contributed by atoms with Crippen LogP contribution in [0, 0.1) is 6.92 Å². The van der Waals surface area contributed by atoms with Gasteiger partial charge in [-0.3, -0.25) is 9.78 Å². The Hall–Kier alpha value is -2.42. The maximum absolute atomic E-state index is 12.6. The lowest BCUT2D eigenvalue weighted by molar-refractivity contribution is 0.102. The van der Waals surface area contributed by atoms with E-state index in [-0.39, 0.29) is 5.78 Å². The van der Waals surface area contributed by atoms with Crippen LogP contribution < -0.4 is 4.74 Å². The third-order valence-electron chi connectivity index (χ3n) is 3.73. The van der Waals surface area contributed by atoms with Gasteiger partial charge in [0.25, 0.3) is 0 Å². The number of Topliss-reactive ketones (excluding diaryl/α,β-unsaturated/α-hetero) is 1. The van der Waals surface area contributed by atoms with Crippen molar-refractivity contribution in [2.45, 2.75) is 19.8 Å². The Balaban J connectivity index is 1.93. The highest BCUT2D eigenvalue weighted by Gasteiger charge is 2.22. The van der Waals surface area contributed by atoms with E-state index in [1.807, 2.05) is 49.5 Å². The summed E-state index contributed by atoms with van der Waals surface area (Å²) in [4.78, 5) is 16.9. The number of pyridine rings is 1. The first-order valence-corrected chi connectivity index (χ1v) is 7.02. The molecule has 0 radical (unpaired) electrons. The van der Waals surface area contributed by atoms with Gasteiger partial charge in [-0.2, -0.15) is 0 Å². The number of aryl methyl sites for hydroxylation is 2. The number of hydrogen-bond donors (Lipinski definition) is 0. The van der Waals surface area contributed by atoms with Crippen LogP contribution in [0.5, 0.6) is 5.75 Å². The molecule has 0 amide bonds. The number of carbonyl (C=O) groups excluding carboxylic acids is 1. The van der Waals surface area contributed by atoms with Gasteiger partial charge in [-0.15, -0.1) is 0 Å². The number of ether oxygens (including phenoxy) is 1. The molecular formula is C18H17NO2. The molecule has 0 saturated carbocycles. The minimum absolute atomic E-state index is 0.100. The van der Waals surface area contributed by atoms with Crippen molar-refractivity contribution in [3.05, 3.63) is 64.5 Å². The van der Waals surface area contributed by atoms with E-state index < -0.39 is 0 Å². The Labute approximate surface area is 124 Å². The van der Waals surface area contributed by atoms with Crippen LogP contribution in [0.25, 0.3) is 6.08 Å². The van der Waals surface area contributed by atoms with Gasteiger partial charge in [-0.25, -0.2) is 0 Å². The molecule has 2 aromatic rings. The van der Waals surface area contributed by atoms with Crippen molar-refractivity contribution in [1.82, 2.24) is 4.98 Å². The molecular weight excluding hydrogens is 262 g/mol. The number of methoxy groups -OCH3 is 1. The van der Waals surface area contributed by atoms with Gasteiger partial charge in [-0.05, 0) is 55.2 Å². The Morgan fingerprint density at radius 2 is 1.95 bits per heavy atom. The van der Waals surface area contributed by atoms with E-state index in [2.05, 4.69) is 4.98 Å². The number of benzene rings is 1. The minimum Gasteiger partial charge on any atom is -0.497 e. The van der Waals surface area contributed by atoms with Gasteiger partial charge in [0.05, 0.1) is 12.8 Å². The fourth-order valence-corrected chi connectivity index (χ4v) is 2.57. The number of allylic oxidation sites excluding steroid dienone is 1. The zero-order valence-electron chi connectivity index (χ0n) is 12.2. The van der Waals surface area contributed by atoms with Gasteiger partial charge in [0.1, 0.15) is 5.75 Å². The Morgan fingerprint density at radius 1 is 1.19 bits per heavy atom. The number of nitrogens with zero attached hydrogens (tertiary/aromatic N) is 1. The first kappa shape index (κ1) is 13.6. The lowest BCUT2D eigenvalue weighted by atomic mass is 9.88. The molecule has 0 aliphatic heterocycles. The van der Waals surface area contributed by atoms with Crippen LogP contribution in [0.2, 0.25) is 0 Å². The first-order valence-electron chi connectivity index (χ1n) is 7.02. The summed E-state index contributed by atoms with van der Waals surface area (Å²) in [7, 11) is 1.64. The van der Waals surface area contributed by atoms with Crippen molar-refractivity contribution in [1.29, 1.82) is 0 Å². The van der Waals surface area contributed by atoms with Crippen LogP contribution in [0.4, 0.5) is 0 Å². The van der Waals surface area contributed by atoms with Gasteiger partial charge >= 0.3 is 0 Å². The maximum atomic E-state index is 12.6. The summed E-state index contributed by atoms with van der Waals surface area (Å²) in [6.45, 7) is 1.96. The number of ketones is 1. The molecule has 0 spiro atoms. The average Bonchev–Trinajstić information content (AvgIpc) is 2.51. The SMILES string of the molecule is COc1ccc(/C=C2\CCc3ncc(C)cc3C2=O)cc1. The van der Waals surface area contributed by atoms with Gasteiger partial charge < -0.3 is 4.74 Å². The fraction of sp³-hybridized carbons (Fsp3) is 0.222. The molecule has 21 heavy (non-hydrogen) atoms. The van der Waals surface area contributed by atoms with Crippen LogP contribution >= 0.6 is 0 Å². The highest BCUT2D eigenvalue weighted by atomic mass is 16.5. The highest BCUT2D eigenvalue weighted by Crippen LogP contribution is 2.26. The zero-order chi connectivity index (χ0) is 14.8. The number of hydrogen-bond acceptors (Lipinski definition) is 3. The van der Waals surface area contributed by atoms with E-state index in [1.165, 1.54) is 0 Å². The molecule has 0 N–H and O–H groups in total. The van der Waals surface area contributed by atoms with E-state index in [4.69, 9.17) is 4.74 Å². The Kier molecular flexibility index (Phi) is 3.57. The first-order chi connectivity index (χ1) is 10.2. The second-order valence-electron chi connectivity index (χ2n) is 5.28. The standard InChI is InChI=1S/C18H17NO2/c1-12-9-16-17(19-11-12)8-5-14(18(16)20)10-13-3-6-15(21-2)7-4-13/h3-4,6-7,9-11H,5,8H2,1-2H3/b14-10+. The van der Waals surface area contributed by atoms with Crippen LogP contribution in [-0.4, -0.2) is 17.9 Å². The minimum atomic E-state index is 0.100. The van der Waals surface area contributed by atoms with Crippen molar-refractivity contribution < 1.29 is 9.53 Å². The number of rotatable bonds is 2. The Morgan fingerprint density at radius 3 is 2.67 bits per heavy atom. The molecule has 1 aromatic heterocycles. The summed E-state index contributed by atoms with van der Waals surface area (Å²) in [6, 6.07) is 9.66. The fourth-order valence-electron chi connectivity index (χ4n) is 2.57. The monoisotopic (exact) mass is 279 g/mol. The highest BCUT2D eigenvalue weighted by molar-refractivity contribution is 6.13. The quantitative estimate of drug-likeness (QED) is 0.788. The molecule has 0 bridgehead atoms. The second-order valence-corrected chi connectivity index (χ2v) is 5.28. The smallest absolute Gasteiger partial charge is 0.190 e. The largest absolute Gasteiger partial charge is 0.497 e. The number of fused-ring (bicyclic) bond motifs is 1. The summed E-state index contributed by atoms with van der Waals surface area (Å²) >= 11 is 0.